The van der Waals surface area contributed by atoms with Gasteiger partial charge in [-0.3, -0.25) is 9.79 Å². The van der Waals surface area contributed by atoms with E-state index in [1.165, 1.54) is 18.2 Å². The van der Waals surface area contributed by atoms with Gasteiger partial charge in [0.2, 0.25) is 5.91 Å². The lowest BCUT2D eigenvalue weighted by atomic mass is 9.90. The lowest BCUT2D eigenvalue weighted by molar-refractivity contribution is -0.113. The zero-order valence-electron chi connectivity index (χ0n) is 16.8. The van der Waals surface area contributed by atoms with E-state index < -0.39 is 0 Å². The lowest BCUT2D eigenvalue weighted by Gasteiger charge is -2.27. The molecule has 156 valence electrons. The summed E-state index contributed by atoms with van der Waals surface area (Å²) < 4.78 is 2.07. The highest BCUT2D eigenvalue weighted by Crippen LogP contribution is 2.38. The first-order chi connectivity index (χ1) is 14.4. The lowest BCUT2D eigenvalue weighted by Crippen LogP contribution is -2.25. The molecule has 1 amide bonds. The van der Waals surface area contributed by atoms with E-state index in [4.69, 9.17) is 9.98 Å². The van der Waals surface area contributed by atoms with E-state index in [9.17, 15) is 4.79 Å². The van der Waals surface area contributed by atoms with Gasteiger partial charge in [0, 0.05) is 20.2 Å². The van der Waals surface area contributed by atoms with E-state index in [0.29, 0.717) is 5.75 Å². The SMILES string of the molecule is Cc1cc(NC(=O)CSC2=NC3(CCCCC3)N=C2c2ccc(Br)cc2)ccc1Br. The van der Waals surface area contributed by atoms with E-state index in [1.807, 2.05) is 37.3 Å². The molecule has 0 aromatic heterocycles. The first-order valence-corrected chi connectivity index (χ1v) is 12.7. The highest BCUT2D eigenvalue weighted by Gasteiger charge is 2.37. The van der Waals surface area contributed by atoms with Gasteiger partial charge in [0.15, 0.2) is 5.66 Å². The molecular weight excluding hydrogens is 526 g/mol. The van der Waals surface area contributed by atoms with E-state index in [0.717, 1.165) is 62.2 Å². The number of hydrogen-bond donors (Lipinski definition) is 1. The molecule has 0 unspecified atom stereocenters. The van der Waals surface area contributed by atoms with Crippen LogP contribution in [0.25, 0.3) is 0 Å². The molecule has 4 rings (SSSR count). The molecule has 1 fully saturated rings. The first-order valence-electron chi connectivity index (χ1n) is 10.1. The predicted octanol–water partition coefficient (Wildman–Crippen LogP) is 6.75. The van der Waals surface area contributed by atoms with Crippen molar-refractivity contribution < 1.29 is 4.79 Å². The van der Waals surface area contributed by atoms with Crippen LogP contribution >= 0.6 is 43.6 Å². The van der Waals surface area contributed by atoms with Crippen LogP contribution in [0.4, 0.5) is 5.69 Å². The maximum absolute atomic E-state index is 12.6. The minimum atomic E-state index is -0.331. The molecule has 0 saturated heterocycles. The topological polar surface area (TPSA) is 53.8 Å². The Morgan fingerprint density at radius 1 is 1.07 bits per heavy atom. The van der Waals surface area contributed by atoms with Crippen molar-refractivity contribution in [2.75, 3.05) is 11.1 Å². The summed E-state index contributed by atoms with van der Waals surface area (Å²) in [5.41, 5.74) is 3.53. The average Bonchev–Trinajstić information content (AvgIpc) is 3.08. The van der Waals surface area contributed by atoms with Crippen LogP contribution in [-0.4, -0.2) is 28.1 Å². The number of rotatable bonds is 4. The molecule has 1 heterocycles. The fraction of sp³-hybridized carbons (Fsp3) is 0.348. The molecular formula is C23H23Br2N3OS. The third-order valence-electron chi connectivity index (χ3n) is 5.39. The summed E-state index contributed by atoms with van der Waals surface area (Å²) in [6.07, 6.45) is 5.53. The molecule has 1 aliphatic heterocycles. The van der Waals surface area contributed by atoms with Gasteiger partial charge in [0.25, 0.3) is 0 Å². The van der Waals surface area contributed by atoms with Gasteiger partial charge in [0.1, 0.15) is 5.04 Å². The number of aliphatic imine (C=N–C) groups is 2. The second-order valence-electron chi connectivity index (χ2n) is 7.73. The zero-order chi connectivity index (χ0) is 21.1. The number of thioether (sulfide) groups is 1. The molecule has 30 heavy (non-hydrogen) atoms. The number of anilines is 1. The highest BCUT2D eigenvalue weighted by molar-refractivity contribution is 9.10. The summed E-state index contributed by atoms with van der Waals surface area (Å²) in [4.78, 5) is 22.7. The Morgan fingerprint density at radius 2 is 1.80 bits per heavy atom. The molecule has 2 aromatic carbocycles. The van der Waals surface area contributed by atoms with Crippen LogP contribution < -0.4 is 5.32 Å². The van der Waals surface area contributed by atoms with Gasteiger partial charge in [-0.25, -0.2) is 4.99 Å². The predicted molar refractivity (Wildman–Crippen MR) is 134 cm³/mol. The Morgan fingerprint density at radius 3 is 2.50 bits per heavy atom. The second kappa shape index (κ2) is 9.37. The number of carbonyl (C=O) groups is 1. The molecule has 1 spiro atoms. The third kappa shape index (κ3) is 5.06. The number of aryl methyl sites for hydroxylation is 1. The van der Waals surface area contributed by atoms with Gasteiger partial charge in [-0.15, -0.1) is 0 Å². The monoisotopic (exact) mass is 547 g/mol. The first kappa shape index (κ1) is 21.8. The van der Waals surface area contributed by atoms with E-state index in [1.54, 1.807) is 0 Å². The van der Waals surface area contributed by atoms with Gasteiger partial charge in [-0.2, -0.15) is 0 Å². The van der Waals surface area contributed by atoms with Crippen LogP contribution in [0, 0.1) is 6.92 Å². The Kier molecular flexibility index (Phi) is 6.80. The standard InChI is InChI=1S/C23H23Br2N3OS/c1-15-13-18(9-10-19(15)25)26-20(29)14-30-22-21(16-5-7-17(24)8-6-16)27-23(28-22)11-3-2-4-12-23/h5-10,13H,2-4,11-12,14H2,1H3,(H,26,29). The van der Waals surface area contributed by atoms with Crippen molar-refractivity contribution in [2.45, 2.75) is 44.7 Å². The Hall–Kier alpha value is -1.44. The van der Waals surface area contributed by atoms with Crippen molar-refractivity contribution in [3.05, 3.63) is 62.5 Å². The van der Waals surface area contributed by atoms with E-state index in [-0.39, 0.29) is 11.6 Å². The minimum Gasteiger partial charge on any atom is -0.325 e. The van der Waals surface area contributed by atoms with Gasteiger partial charge in [0.05, 0.1) is 11.5 Å². The Balaban J connectivity index is 1.49. The molecule has 1 aliphatic carbocycles. The molecule has 1 N–H and O–H groups in total. The fourth-order valence-corrected chi connectivity index (χ4v) is 5.20. The summed E-state index contributed by atoms with van der Waals surface area (Å²) in [5.74, 6) is 0.267. The zero-order valence-corrected chi connectivity index (χ0v) is 20.7. The molecule has 0 radical (unpaired) electrons. The van der Waals surface area contributed by atoms with Crippen LogP contribution in [0.1, 0.15) is 43.2 Å². The van der Waals surface area contributed by atoms with Gasteiger partial charge in [-0.1, -0.05) is 62.2 Å². The number of benzene rings is 2. The van der Waals surface area contributed by atoms with Crippen LogP contribution in [0.3, 0.4) is 0 Å². The van der Waals surface area contributed by atoms with Crippen LogP contribution in [-0.2, 0) is 4.79 Å². The Bertz CT molecular complexity index is 1010. The minimum absolute atomic E-state index is 0.0378. The Labute approximate surface area is 198 Å². The van der Waals surface area contributed by atoms with Crippen molar-refractivity contribution in [2.24, 2.45) is 9.98 Å². The maximum Gasteiger partial charge on any atom is 0.234 e. The smallest absolute Gasteiger partial charge is 0.234 e. The third-order valence-corrected chi connectivity index (χ3v) is 7.77. The molecule has 4 nitrogen and oxygen atoms in total. The summed E-state index contributed by atoms with van der Waals surface area (Å²) in [6.45, 7) is 2.01. The normalized spacial score (nSPS) is 17.6. The molecule has 1 saturated carbocycles. The van der Waals surface area contributed by atoms with Gasteiger partial charge >= 0.3 is 0 Å². The van der Waals surface area contributed by atoms with E-state index in [2.05, 4.69) is 49.3 Å². The molecule has 7 heteroatoms. The number of hydrogen-bond acceptors (Lipinski definition) is 4. The largest absolute Gasteiger partial charge is 0.325 e. The molecule has 0 atom stereocenters. The van der Waals surface area contributed by atoms with Crippen LogP contribution in [0.5, 0.6) is 0 Å². The quantitative estimate of drug-likeness (QED) is 0.459. The number of amides is 1. The summed E-state index contributed by atoms with van der Waals surface area (Å²) in [7, 11) is 0. The number of halogens is 2. The number of nitrogens with one attached hydrogen (secondary N) is 1. The van der Waals surface area contributed by atoms with Crippen LogP contribution in [0.2, 0.25) is 0 Å². The summed E-state index contributed by atoms with van der Waals surface area (Å²) in [6, 6.07) is 14.0. The van der Waals surface area contributed by atoms with E-state index >= 15 is 0 Å². The van der Waals surface area contributed by atoms with Gasteiger partial charge in [-0.05, 0) is 68.5 Å². The van der Waals surface area contributed by atoms with Crippen molar-refractivity contribution >= 4 is 66.0 Å². The van der Waals surface area contributed by atoms with Gasteiger partial charge < -0.3 is 5.32 Å². The molecule has 0 bridgehead atoms. The van der Waals surface area contributed by atoms with Crippen molar-refractivity contribution in [3.8, 4) is 0 Å². The highest BCUT2D eigenvalue weighted by atomic mass is 79.9. The van der Waals surface area contributed by atoms with Crippen LogP contribution in [0.15, 0.2) is 61.4 Å². The van der Waals surface area contributed by atoms with Crippen molar-refractivity contribution in [3.63, 3.8) is 0 Å². The van der Waals surface area contributed by atoms with Crippen molar-refractivity contribution in [1.29, 1.82) is 0 Å². The molecule has 2 aliphatic rings. The van der Waals surface area contributed by atoms with Crippen molar-refractivity contribution in [1.82, 2.24) is 0 Å². The maximum atomic E-state index is 12.6. The number of nitrogens with zero attached hydrogens (tertiary/aromatic N) is 2. The fourth-order valence-electron chi connectivity index (χ4n) is 3.81. The molecule has 2 aromatic rings. The second-order valence-corrected chi connectivity index (χ2v) is 10.5. The number of carbonyl (C=O) groups excluding carboxylic acids is 1. The average molecular weight is 549 g/mol. The summed E-state index contributed by atoms with van der Waals surface area (Å²) in [5, 5.41) is 3.86. The summed E-state index contributed by atoms with van der Waals surface area (Å²) >= 11 is 8.47.